The molecule has 0 unspecified atom stereocenters. The van der Waals surface area contributed by atoms with Crippen LogP contribution in [0.25, 0.3) is 0 Å². The summed E-state index contributed by atoms with van der Waals surface area (Å²) in [5.74, 6) is 0. The molecule has 0 saturated heterocycles. The average Bonchev–Trinajstić information content (AvgIpc) is 2.46. The molecule has 102 valence electrons. The summed E-state index contributed by atoms with van der Waals surface area (Å²) in [5, 5.41) is 9.03. The number of nitrogens with two attached hydrogens (primary N) is 1. The fourth-order valence-electron chi connectivity index (χ4n) is 1.79. The third-order valence-electron chi connectivity index (χ3n) is 2.88. The first-order valence-electron chi connectivity index (χ1n) is 5.80. The van der Waals surface area contributed by atoms with Gasteiger partial charge in [-0.05, 0) is 30.3 Å². The molecule has 0 bridgehead atoms. The molecule has 0 saturated carbocycles. The summed E-state index contributed by atoms with van der Waals surface area (Å²) >= 11 is 0. The van der Waals surface area contributed by atoms with Crippen molar-refractivity contribution in [3.63, 3.8) is 0 Å². The van der Waals surface area contributed by atoms with E-state index in [2.05, 4.69) is 0 Å². The summed E-state index contributed by atoms with van der Waals surface area (Å²) in [6.07, 6.45) is 0. The van der Waals surface area contributed by atoms with E-state index >= 15 is 0 Å². The van der Waals surface area contributed by atoms with Crippen LogP contribution in [0, 0.1) is 11.3 Å². The maximum absolute atomic E-state index is 12.6. The highest BCUT2D eigenvalue weighted by Crippen LogP contribution is 2.25. The van der Waals surface area contributed by atoms with E-state index in [1.807, 2.05) is 6.07 Å². The van der Waals surface area contributed by atoms with Gasteiger partial charge in [0.25, 0.3) is 10.0 Å². The van der Waals surface area contributed by atoms with Gasteiger partial charge in [0.15, 0.2) is 0 Å². The number of anilines is 2. The van der Waals surface area contributed by atoms with E-state index in [1.165, 1.54) is 19.2 Å². The SMILES string of the molecule is CN(c1cccc(N)c1)S(=O)(=O)c1ccccc1C#N. The van der Waals surface area contributed by atoms with Crippen molar-refractivity contribution in [3.8, 4) is 6.07 Å². The molecule has 0 fully saturated rings. The van der Waals surface area contributed by atoms with Crippen molar-refractivity contribution in [1.29, 1.82) is 5.26 Å². The summed E-state index contributed by atoms with van der Waals surface area (Å²) in [4.78, 5) is -0.0209. The highest BCUT2D eigenvalue weighted by Gasteiger charge is 2.24. The van der Waals surface area contributed by atoms with Gasteiger partial charge in [0.1, 0.15) is 11.0 Å². The van der Waals surface area contributed by atoms with Gasteiger partial charge in [0.05, 0.1) is 11.3 Å². The zero-order valence-corrected chi connectivity index (χ0v) is 11.6. The first-order chi connectivity index (χ1) is 9.46. The van der Waals surface area contributed by atoms with Crippen molar-refractivity contribution >= 4 is 21.4 Å². The summed E-state index contributed by atoms with van der Waals surface area (Å²) in [6.45, 7) is 0. The van der Waals surface area contributed by atoms with Crippen LogP contribution < -0.4 is 10.0 Å². The molecular weight excluding hydrogens is 274 g/mol. The molecule has 5 nitrogen and oxygen atoms in total. The smallest absolute Gasteiger partial charge is 0.265 e. The zero-order chi connectivity index (χ0) is 14.8. The Morgan fingerprint density at radius 3 is 2.50 bits per heavy atom. The Bertz CT molecular complexity index is 779. The van der Waals surface area contributed by atoms with Crippen molar-refractivity contribution in [2.24, 2.45) is 0 Å². The van der Waals surface area contributed by atoms with Crippen LogP contribution in [0.4, 0.5) is 11.4 Å². The Balaban J connectivity index is 2.53. The molecule has 0 aromatic heterocycles. The molecule has 0 amide bonds. The number of nitriles is 1. The highest BCUT2D eigenvalue weighted by atomic mass is 32.2. The second-order valence-electron chi connectivity index (χ2n) is 4.18. The monoisotopic (exact) mass is 287 g/mol. The third kappa shape index (κ3) is 2.44. The van der Waals surface area contributed by atoms with E-state index in [1.54, 1.807) is 36.4 Å². The van der Waals surface area contributed by atoms with Crippen LogP contribution in [0.15, 0.2) is 53.4 Å². The summed E-state index contributed by atoms with van der Waals surface area (Å²) in [7, 11) is -2.37. The fourth-order valence-corrected chi connectivity index (χ4v) is 3.12. The lowest BCUT2D eigenvalue weighted by molar-refractivity contribution is 0.594. The van der Waals surface area contributed by atoms with Gasteiger partial charge >= 0.3 is 0 Å². The minimum atomic E-state index is -3.80. The predicted molar refractivity (Wildman–Crippen MR) is 77.6 cm³/mol. The molecule has 0 radical (unpaired) electrons. The predicted octanol–water partition coefficient (Wildman–Crippen LogP) is 1.97. The number of benzene rings is 2. The molecule has 20 heavy (non-hydrogen) atoms. The van der Waals surface area contributed by atoms with E-state index < -0.39 is 10.0 Å². The van der Waals surface area contributed by atoms with Gasteiger partial charge in [-0.1, -0.05) is 18.2 Å². The van der Waals surface area contributed by atoms with Crippen molar-refractivity contribution in [3.05, 3.63) is 54.1 Å². The standard InChI is InChI=1S/C14H13N3O2S/c1-17(13-7-4-6-12(16)9-13)20(18,19)14-8-3-2-5-11(14)10-15/h2-9H,16H2,1H3. The molecule has 0 heterocycles. The quantitative estimate of drug-likeness (QED) is 0.874. The van der Waals surface area contributed by atoms with E-state index in [0.717, 1.165) is 4.31 Å². The molecule has 2 rings (SSSR count). The Morgan fingerprint density at radius 1 is 1.15 bits per heavy atom. The molecule has 0 atom stereocenters. The number of hydrogen-bond donors (Lipinski definition) is 1. The summed E-state index contributed by atoms with van der Waals surface area (Å²) in [6, 6.07) is 14.5. The lowest BCUT2D eigenvalue weighted by Gasteiger charge is -2.20. The number of hydrogen-bond acceptors (Lipinski definition) is 4. The Hall–Kier alpha value is -2.52. The van der Waals surface area contributed by atoms with Gasteiger partial charge in [-0.2, -0.15) is 5.26 Å². The van der Waals surface area contributed by atoms with Gasteiger partial charge in [0, 0.05) is 12.7 Å². The fraction of sp³-hybridized carbons (Fsp3) is 0.0714. The maximum Gasteiger partial charge on any atom is 0.265 e. The van der Waals surface area contributed by atoms with Gasteiger partial charge in [-0.25, -0.2) is 8.42 Å². The molecule has 6 heteroatoms. The Kier molecular flexibility index (Phi) is 3.63. The molecule has 0 aliphatic rings. The number of sulfonamides is 1. The summed E-state index contributed by atoms with van der Waals surface area (Å²) < 4.78 is 26.2. The maximum atomic E-state index is 12.6. The van der Waals surface area contributed by atoms with Crippen molar-refractivity contribution in [1.82, 2.24) is 0 Å². The minimum absolute atomic E-state index is 0.0209. The van der Waals surface area contributed by atoms with Crippen molar-refractivity contribution in [2.45, 2.75) is 4.90 Å². The average molecular weight is 287 g/mol. The van der Waals surface area contributed by atoms with Crippen molar-refractivity contribution in [2.75, 3.05) is 17.1 Å². The van der Waals surface area contributed by atoms with E-state index in [-0.39, 0.29) is 10.5 Å². The van der Waals surface area contributed by atoms with Crippen LogP contribution in [0.5, 0.6) is 0 Å². The molecule has 2 aromatic carbocycles. The van der Waals surface area contributed by atoms with Gasteiger partial charge in [0.2, 0.25) is 0 Å². The van der Waals surface area contributed by atoms with Crippen LogP contribution in [0.3, 0.4) is 0 Å². The second-order valence-corrected chi connectivity index (χ2v) is 6.11. The lowest BCUT2D eigenvalue weighted by atomic mass is 10.2. The van der Waals surface area contributed by atoms with Crippen molar-refractivity contribution < 1.29 is 8.42 Å². The van der Waals surface area contributed by atoms with Crippen LogP contribution in [-0.4, -0.2) is 15.5 Å². The largest absolute Gasteiger partial charge is 0.399 e. The van der Waals surface area contributed by atoms with Crippen LogP contribution >= 0.6 is 0 Å². The zero-order valence-electron chi connectivity index (χ0n) is 10.8. The number of nitrogens with zero attached hydrogens (tertiary/aromatic N) is 2. The van der Waals surface area contributed by atoms with Gasteiger partial charge in [-0.3, -0.25) is 4.31 Å². The molecule has 2 aromatic rings. The van der Waals surface area contributed by atoms with Gasteiger partial charge < -0.3 is 5.73 Å². The van der Waals surface area contributed by atoms with Crippen LogP contribution in [-0.2, 0) is 10.0 Å². The number of rotatable bonds is 3. The lowest BCUT2D eigenvalue weighted by Crippen LogP contribution is -2.27. The minimum Gasteiger partial charge on any atom is -0.399 e. The van der Waals surface area contributed by atoms with Crippen LogP contribution in [0.1, 0.15) is 5.56 Å². The molecule has 0 spiro atoms. The molecular formula is C14H13N3O2S. The number of nitrogen functional groups attached to an aromatic ring is 1. The summed E-state index contributed by atoms with van der Waals surface area (Å²) in [5.41, 5.74) is 6.69. The van der Waals surface area contributed by atoms with Gasteiger partial charge in [-0.15, -0.1) is 0 Å². The first-order valence-corrected chi connectivity index (χ1v) is 7.24. The Labute approximate surface area is 117 Å². The second kappa shape index (κ2) is 5.23. The van der Waals surface area contributed by atoms with Crippen LogP contribution in [0.2, 0.25) is 0 Å². The van der Waals surface area contributed by atoms with E-state index in [9.17, 15) is 8.42 Å². The first kappa shape index (κ1) is 13.9. The molecule has 2 N–H and O–H groups in total. The normalized spacial score (nSPS) is 10.8. The third-order valence-corrected chi connectivity index (χ3v) is 4.72. The van der Waals surface area contributed by atoms with E-state index in [4.69, 9.17) is 11.0 Å². The topological polar surface area (TPSA) is 87.2 Å². The Morgan fingerprint density at radius 2 is 1.85 bits per heavy atom. The van der Waals surface area contributed by atoms with E-state index in [0.29, 0.717) is 11.4 Å². The molecule has 0 aliphatic heterocycles. The highest BCUT2D eigenvalue weighted by molar-refractivity contribution is 7.92. The molecule has 0 aliphatic carbocycles.